The average molecular weight is 1220 g/mol. The number of anilines is 3. The summed E-state index contributed by atoms with van der Waals surface area (Å²) >= 11 is 15.3. The molecule has 0 bridgehead atoms. The van der Waals surface area contributed by atoms with Crippen molar-refractivity contribution in [3.05, 3.63) is 84.2 Å². The Morgan fingerprint density at radius 2 is 1.25 bits per heavy atom. The van der Waals surface area contributed by atoms with E-state index in [4.69, 9.17) is 86.9 Å². The molecule has 10 heterocycles. The largest absolute Gasteiger partial charge is 0.386 e. The van der Waals surface area contributed by atoms with E-state index in [2.05, 4.69) is 52.1 Å². The van der Waals surface area contributed by atoms with Crippen LogP contribution >= 0.6 is 32.5 Å². The van der Waals surface area contributed by atoms with Gasteiger partial charge in [0.15, 0.2) is 22.6 Å². The normalized spacial score (nSPS) is 28.6. The van der Waals surface area contributed by atoms with Crippen LogP contribution in [-0.4, -0.2) is 130 Å². The third-order valence-corrected chi connectivity index (χ3v) is 18.3. The maximum absolute atomic E-state index is 14.0. The molecule has 10 rings (SSSR count). The van der Waals surface area contributed by atoms with Crippen LogP contribution in [0.5, 0.6) is 0 Å². The molecule has 428 valence electrons. The van der Waals surface area contributed by atoms with Crippen molar-refractivity contribution in [2.24, 2.45) is 0 Å². The lowest BCUT2D eigenvalue weighted by atomic mass is 10.1. The number of H-pyrrole nitrogens is 2. The molecule has 4 aliphatic rings. The third-order valence-electron chi connectivity index (χ3n) is 13.5. The van der Waals surface area contributed by atoms with Gasteiger partial charge in [0.05, 0.1) is 63.0 Å². The Hall–Kier alpha value is -4.74. The Balaban J connectivity index is 0.839. The lowest BCUT2D eigenvalue weighted by Gasteiger charge is -2.27. The number of nitrogens with zero attached hydrogens (tertiary/aromatic N) is 10. The average Bonchev–Trinajstić information content (AvgIpc) is 4.42. The molecule has 6 aromatic heterocycles. The van der Waals surface area contributed by atoms with Crippen LogP contribution in [0.2, 0.25) is 0 Å². The Kier molecular flexibility index (Phi) is 16.7. The van der Waals surface area contributed by atoms with Crippen molar-refractivity contribution in [2.45, 2.75) is 127 Å². The molecule has 0 amide bonds. The third kappa shape index (κ3) is 12.7. The molecule has 6 aromatic rings. The summed E-state index contributed by atoms with van der Waals surface area (Å²) < 4.78 is 80.2. The van der Waals surface area contributed by atoms with Crippen molar-refractivity contribution in [1.29, 1.82) is 0 Å². The molecule has 4 saturated heterocycles. The summed E-state index contributed by atoms with van der Waals surface area (Å²) in [4.78, 5) is 103. The number of ether oxygens (including phenoxy) is 4. The molecule has 0 radical (unpaired) electrons. The highest BCUT2D eigenvalue weighted by Crippen LogP contribution is 2.58. The van der Waals surface area contributed by atoms with Crippen molar-refractivity contribution in [3.8, 4) is 0 Å². The Morgan fingerprint density at radius 3 is 1.92 bits per heavy atom. The number of aromatic amines is 2. The Bertz CT molecular complexity index is 3680. The standard InChI is InChI=1S/C41H54N15O17P3S3/c1-4-21-22(7-28(68-21)54-11-19(3)37(57)52-41(54)60)71-75(62,78)65-14-26-24(9-30(70-26)56-17-48-32-36(56)50-39(44)51-38(32)58)73-76(63,79)66-13-25-23(8-29(69-25)55-16-47-31-34(43)45-15-46-35(31)55)72-74(61,77)64-12-20-5-6-27(67-20)53-10-18(2)33(42)49-40(53)59/h10-11,15-17,20-30H,4-9,12-14H2,1-3H3,(H,61,77)(H,62,78)(H,63,79)(H2,42,49,59)(H2,43,45,46)(H,52,57,60)(H3,44,50,51,58)/t20-,21+,22+,23+,24+,25+,26+,27+,28+,29+,30+,74?,75?,76?/m0/s1. The van der Waals surface area contributed by atoms with E-state index < -0.39 is 124 Å². The van der Waals surface area contributed by atoms with Crippen molar-refractivity contribution in [1.82, 2.24) is 58.1 Å². The molecule has 32 nitrogen and oxygen atoms in total. The van der Waals surface area contributed by atoms with Gasteiger partial charge in [-0.15, -0.1) is 0 Å². The van der Waals surface area contributed by atoms with E-state index in [1.165, 1.54) is 45.8 Å². The number of nitrogen functional groups attached to an aromatic ring is 3. The minimum atomic E-state index is -4.38. The van der Waals surface area contributed by atoms with E-state index >= 15 is 0 Å². The van der Waals surface area contributed by atoms with Gasteiger partial charge in [-0.25, -0.2) is 34.1 Å². The first-order valence-electron chi connectivity index (χ1n) is 24.3. The number of hydrogen-bond donors (Lipinski definition) is 8. The molecule has 38 heteroatoms. The van der Waals surface area contributed by atoms with Gasteiger partial charge >= 0.3 is 31.6 Å². The molecule has 14 atom stereocenters. The molecule has 0 aliphatic carbocycles. The topological polar surface area (TPSA) is 425 Å². The molecule has 0 saturated carbocycles. The molecule has 3 unspecified atom stereocenters. The van der Waals surface area contributed by atoms with E-state index in [1.54, 1.807) is 24.6 Å². The predicted octanol–water partition coefficient (Wildman–Crippen LogP) is 1.76. The summed E-state index contributed by atoms with van der Waals surface area (Å²) in [6, 6.07) is 0. The lowest BCUT2D eigenvalue weighted by molar-refractivity contribution is -0.0506. The van der Waals surface area contributed by atoms with Gasteiger partial charge in [0.1, 0.15) is 54.8 Å². The van der Waals surface area contributed by atoms with Crippen molar-refractivity contribution >= 4 is 96.0 Å². The van der Waals surface area contributed by atoms with Gasteiger partial charge in [0, 0.05) is 42.8 Å². The van der Waals surface area contributed by atoms with Crippen LogP contribution in [0.3, 0.4) is 0 Å². The van der Waals surface area contributed by atoms with Gasteiger partial charge in [-0.1, -0.05) is 19.2 Å². The van der Waals surface area contributed by atoms with Crippen LogP contribution in [0, 0.1) is 13.8 Å². The van der Waals surface area contributed by atoms with Crippen molar-refractivity contribution in [2.75, 3.05) is 37.0 Å². The second-order valence-corrected chi connectivity index (χ2v) is 27.3. The van der Waals surface area contributed by atoms with Gasteiger partial charge in [0.2, 0.25) is 5.95 Å². The Labute approximate surface area is 460 Å². The fourth-order valence-electron chi connectivity index (χ4n) is 9.56. The van der Waals surface area contributed by atoms with Crippen LogP contribution < -0.4 is 39.7 Å². The second kappa shape index (κ2) is 22.9. The molecule has 0 spiro atoms. The second-order valence-electron chi connectivity index (χ2n) is 18.9. The number of rotatable bonds is 20. The number of aryl methyl sites for hydroxylation is 2. The zero-order chi connectivity index (χ0) is 56.3. The van der Waals surface area contributed by atoms with Crippen LogP contribution in [0.4, 0.5) is 17.6 Å². The molecule has 79 heavy (non-hydrogen) atoms. The minimum absolute atomic E-state index is 0.00309. The number of nitrogens with two attached hydrogens (primary N) is 3. The maximum atomic E-state index is 14.0. The highest BCUT2D eigenvalue weighted by molar-refractivity contribution is 8.44. The first kappa shape index (κ1) is 57.5. The smallest absolute Gasteiger partial charge is 0.383 e. The summed E-state index contributed by atoms with van der Waals surface area (Å²) in [7, 11) is 0. The highest BCUT2D eigenvalue weighted by Gasteiger charge is 2.46. The zero-order valence-electron chi connectivity index (χ0n) is 41.9. The summed E-state index contributed by atoms with van der Waals surface area (Å²) in [5.74, 6) is 0.00820. The SMILES string of the molecule is CC[C@H]1O[C@@H](n2cc(C)c(=O)[nH]c2=O)C[C@H]1OP(=O)(S)OC[C@H]1O[C@@H](n2cnc3c(=O)[nH]c(N)nc32)C[C@H]1OP(O)(=S)OC[C@H]1O[C@@H](n2cnc3c(N)ncnc32)C[C@H]1OP(O)(=S)OC[C@@H]1CC[C@H](n2cc(C)c(N)nc2=O)O1. The molecular weight excluding hydrogens is 1160 g/mol. The molecule has 4 aliphatic heterocycles. The highest BCUT2D eigenvalue weighted by atomic mass is 32.7. The van der Waals surface area contributed by atoms with E-state index in [0.717, 1.165) is 0 Å². The van der Waals surface area contributed by atoms with E-state index in [-0.39, 0.29) is 65.7 Å². The summed E-state index contributed by atoms with van der Waals surface area (Å²) in [5.41, 5.74) is 16.7. The van der Waals surface area contributed by atoms with Crippen LogP contribution in [0.15, 0.2) is 50.6 Å². The Morgan fingerprint density at radius 1 is 0.671 bits per heavy atom. The number of thiol groups is 1. The summed E-state index contributed by atoms with van der Waals surface area (Å²) in [6.45, 7) is -9.05. The fraction of sp³-hybridized carbons (Fsp3) is 0.561. The number of imidazole rings is 2. The number of hydrogen-bond acceptors (Lipinski definition) is 26. The summed E-state index contributed by atoms with van der Waals surface area (Å²) in [6.07, 6.45) is -2.27. The quantitative estimate of drug-likeness (QED) is 0.0399. The first-order chi connectivity index (χ1) is 37.4. The molecule has 0 aromatic carbocycles. The number of nitrogens with one attached hydrogen (secondary N) is 2. The van der Waals surface area contributed by atoms with Crippen LogP contribution in [0.25, 0.3) is 22.3 Å². The predicted molar refractivity (Wildman–Crippen MR) is 287 cm³/mol. The van der Waals surface area contributed by atoms with Gasteiger partial charge < -0.3 is 64.0 Å². The zero-order valence-corrected chi connectivity index (χ0v) is 47.1. The van der Waals surface area contributed by atoms with Crippen molar-refractivity contribution in [3.63, 3.8) is 0 Å². The van der Waals surface area contributed by atoms with Gasteiger partial charge in [0.25, 0.3) is 11.1 Å². The van der Waals surface area contributed by atoms with E-state index in [9.17, 15) is 33.5 Å². The van der Waals surface area contributed by atoms with Crippen LogP contribution in [0.1, 0.15) is 81.5 Å². The summed E-state index contributed by atoms with van der Waals surface area (Å²) in [5, 5.41) is 0. The van der Waals surface area contributed by atoms with E-state index in [0.29, 0.717) is 30.5 Å². The van der Waals surface area contributed by atoms with Gasteiger partial charge in [-0.05, 0) is 56.7 Å². The monoisotopic (exact) mass is 1220 g/mol. The van der Waals surface area contributed by atoms with Gasteiger partial charge in [-0.2, -0.15) is 9.97 Å². The maximum Gasteiger partial charge on any atom is 0.386 e. The number of fused-ring (bicyclic) bond motifs is 2. The fourth-order valence-corrected chi connectivity index (χ4v) is 14.1. The minimum Gasteiger partial charge on any atom is -0.383 e. The number of aromatic nitrogens is 12. The van der Waals surface area contributed by atoms with Crippen LogP contribution in [-0.2, 0) is 74.3 Å². The molecular formula is C41H54N15O17P3S3. The van der Waals surface area contributed by atoms with E-state index in [1.807, 2.05) is 0 Å². The van der Waals surface area contributed by atoms with Gasteiger partial charge in [-0.3, -0.25) is 46.9 Å². The van der Waals surface area contributed by atoms with Crippen molar-refractivity contribution < 1.29 is 60.4 Å². The first-order valence-corrected chi connectivity index (χ1v) is 32.2. The lowest BCUT2D eigenvalue weighted by Crippen LogP contribution is -2.33. The molecule has 4 fully saturated rings. The molecule has 10 N–H and O–H groups in total.